The van der Waals surface area contributed by atoms with Crippen LogP contribution in [0.2, 0.25) is 0 Å². The maximum Gasteiger partial charge on any atom is 0.303 e. The van der Waals surface area contributed by atoms with E-state index < -0.39 is 5.97 Å². The van der Waals surface area contributed by atoms with E-state index in [4.69, 9.17) is 5.11 Å². The molecule has 3 nitrogen and oxygen atoms in total. The number of carboxylic acids is 1. The zero-order valence-corrected chi connectivity index (χ0v) is 9.73. The Kier molecular flexibility index (Phi) is 2.86. The number of anilines is 1. The summed E-state index contributed by atoms with van der Waals surface area (Å²) in [5.74, 6) is -0.500. The Morgan fingerprint density at radius 2 is 2.25 bits per heavy atom. The molecule has 1 atom stereocenters. The maximum absolute atomic E-state index is 10.8. The highest BCUT2D eigenvalue weighted by Crippen LogP contribution is 2.37. The summed E-state index contributed by atoms with van der Waals surface area (Å²) in [4.78, 5) is 12.8. The minimum Gasteiger partial charge on any atom is -0.481 e. The van der Waals surface area contributed by atoms with Gasteiger partial charge in [0.1, 0.15) is 0 Å². The quantitative estimate of drug-likeness (QED) is 0.847. The summed E-state index contributed by atoms with van der Waals surface area (Å²) in [6.45, 7) is 0. The normalized spacial score (nSPS) is 18.2. The van der Waals surface area contributed by atoms with Gasteiger partial charge in [-0.1, -0.05) is 6.07 Å². The molecule has 0 spiro atoms. The lowest BCUT2D eigenvalue weighted by Gasteiger charge is -2.16. The molecule has 0 radical (unpaired) electrons. The summed E-state index contributed by atoms with van der Waals surface area (Å²) < 4.78 is 0. The number of hydrogen-bond donors (Lipinski definition) is 1. The number of carbonyl (C=O) groups is 1. The van der Waals surface area contributed by atoms with E-state index in [2.05, 4.69) is 23.1 Å². The van der Waals surface area contributed by atoms with Crippen molar-refractivity contribution in [2.24, 2.45) is 0 Å². The van der Waals surface area contributed by atoms with Gasteiger partial charge in [-0.2, -0.15) is 0 Å². The van der Waals surface area contributed by atoms with E-state index in [1.807, 2.05) is 14.1 Å². The van der Waals surface area contributed by atoms with Gasteiger partial charge in [-0.25, -0.2) is 0 Å². The van der Waals surface area contributed by atoms with Crippen molar-refractivity contribution in [1.82, 2.24) is 0 Å². The molecule has 0 aromatic heterocycles. The van der Waals surface area contributed by atoms with Gasteiger partial charge in [-0.3, -0.25) is 4.79 Å². The predicted octanol–water partition coefficient (Wildman–Crippen LogP) is 2.26. The smallest absolute Gasteiger partial charge is 0.303 e. The summed E-state index contributed by atoms with van der Waals surface area (Å²) in [6.07, 6.45) is 2.24. The first kappa shape index (κ1) is 11.0. The van der Waals surface area contributed by atoms with Crippen molar-refractivity contribution in [2.45, 2.75) is 25.2 Å². The van der Waals surface area contributed by atoms with Crippen molar-refractivity contribution in [3.05, 3.63) is 29.3 Å². The first-order chi connectivity index (χ1) is 7.58. The van der Waals surface area contributed by atoms with Gasteiger partial charge in [0.05, 0.1) is 6.42 Å². The van der Waals surface area contributed by atoms with Gasteiger partial charge in [-0.15, -0.1) is 0 Å². The zero-order chi connectivity index (χ0) is 11.7. The number of fused-ring (bicyclic) bond motifs is 1. The van der Waals surface area contributed by atoms with Gasteiger partial charge in [-0.05, 0) is 42.0 Å². The summed E-state index contributed by atoms with van der Waals surface area (Å²) in [6, 6.07) is 6.37. The van der Waals surface area contributed by atoms with Crippen LogP contribution in [-0.2, 0) is 11.2 Å². The summed E-state index contributed by atoms with van der Waals surface area (Å²) in [7, 11) is 4.01. The van der Waals surface area contributed by atoms with Crippen LogP contribution in [0.15, 0.2) is 18.2 Å². The van der Waals surface area contributed by atoms with Crippen LogP contribution >= 0.6 is 0 Å². The SMILES string of the molecule is CN(C)c1ccc2c(c1)C(CC(=O)O)CC2. The van der Waals surface area contributed by atoms with Crippen molar-refractivity contribution in [2.75, 3.05) is 19.0 Å². The van der Waals surface area contributed by atoms with Crippen molar-refractivity contribution < 1.29 is 9.90 Å². The average molecular weight is 219 g/mol. The minimum absolute atomic E-state index is 0.201. The van der Waals surface area contributed by atoms with Crippen LogP contribution in [-0.4, -0.2) is 25.2 Å². The molecule has 0 bridgehead atoms. The zero-order valence-electron chi connectivity index (χ0n) is 9.73. The molecule has 1 aliphatic carbocycles. The molecular weight excluding hydrogens is 202 g/mol. The minimum atomic E-state index is -0.701. The van der Waals surface area contributed by atoms with E-state index in [0.717, 1.165) is 18.5 Å². The fourth-order valence-corrected chi connectivity index (χ4v) is 2.38. The number of benzene rings is 1. The Hall–Kier alpha value is -1.51. The molecule has 1 aliphatic rings. The molecule has 1 unspecified atom stereocenters. The molecule has 3 heteroatoms. The van der Waals surface area contributed by atoms with Gasteiger partial charge in [0, 0.05) is 19.8 Å². The Morgan fingerprint density at radius 1 is 1.50 bits per heavy atom. The molecule has 0 saturated carbocycles. The number of nitrogens with zero attached hydrogens (tertiary/aromatic N) is 1. The first-order valence-electron chi connectivity index (χ1n) is 5.60. The molecule has 0 aliphatic heterocycles. The molecule has 1 aromatic carbocycles. The van der Waals surface area contributed by atoms with E-state index >= 15 is 0 Å². The lowest BCUT2D eigenvalue weighted by Crippen LogP contribution is -2.09. The van der Waals surface area contributed by atoms with E-state index in [1.54, 1.807) is 0 Å². The number of carboxylic acid groups (broad SMARTS) is 1. The molecule has 0 saturated heterocycles. The van der Waals surface area contributed by atoms with Gasteiger partial charge in [0.25, 0.3) is 0 Å². The second-order valence-corrected chi connectivity index (χ2v) is 4.61. The molecule has 1 N–H and O–H groups in total. The van der Waals surface area contributed by atoms with E-state index in [9.17, 15) is 4.79 Å². The monoisotopic (exact) mass is 219 g/mol. The van der Waals surface area contributed by atoms with Crippen molar-refractivity contribution in [3.63, 3.8) is 0 Å². The summed E-state index contributed by atoms with van der Waals surface area (Å²) in [5.41, 5.74) is 3.70. The summed E-state index contributed by atoms with van der Waals surface area (Å²) >= 11 is 0. The second-order valence-electron chi connectivity index (χ2n) is 4.61. The lowest BCUT2D eigenvalue weighted by atomic mass is 9.97. The van der Waals surface area contributed by atoms with Gasteiger partial charge in [0.2, 0.25) is 0 Å². The average Bonchev–Trinajstić information content (AvgIpc) is 2.60. The van der Waals surface area contributed by atoms with Crippen LogP contribution in [0.1, 0.15) is 29.9 Å². The Bertz CT molecular complexity index is 412. The van der Waals surface area contributed by atoms with Crippen LogP contribution in [0.25, 0.3) is 0 Å². The van der Waals surface area contributed by atoms with Crippen LogP contribution in [0, 0.1) is 0 Å². The van der Waals surface area contributed by atoms with Crippen LogP contribution in [0.5, 0.6) is 0 Å². The number of hydrogen-bond acceptors (Lipinski definition) is 2. The van der Waals surface area contributed by atoms with Gasteiger partial charge >= 0.3 is 5.97 Å². The number of rotatable bonds is 3. The fourth-order valence-electron chi connectivity index (χ4n) is 2.38. The summed E-state index contributed by atoms with van der Waals surface area (Å²) in [5, 5.41) is 8.87. The van der Waals surface area contributed by atoms with Crippen LogP contribution < -0.4 is 4.90 Å². The topological polar surface area (TPSA) is 40.5 Å². The van der Waals surface area contributed by atoms with E-state index in [-0.39, 0.29) is 12.3 Å². The highest BCUT2D eigenvalue weighted by Gasteiger charge is 2.24. The van der Waals surface area contributed by atoms with Gasteiger partial charge < -0.3 is 10.0 Å². The van der Waals surface area contributed by atoms with E-state index in [1.165, 1.54) is 11.1 Å². The molecule has 2 rings (SSSR count). The first-order valence-corrected chi connectivity index (χ1v) is 5.60. The van der Waals surface area contributed by atoms with Crippen molar-refractivity contribution in [3.8, 4) is 0 Å². The van der Waals surface area contributed by atoms with E-state index in [0.29, 0.717) is 0 Å². The third-order valence-corrected chi connectivity index (χ3v) is 3.27. The molecule has 16 heavy (non-hydrogen) atoms. The van der Waals surface area contributed by atoms with Crippen LogP contribution in [0.3, 0.4) is 0 Å². The van der Waals surface area contributed by atoms with Crippen molar-refractivity contribution >= 4 is 11.7 Å². The molecule has 86 valence electrons. The number of aliphatic carboxylic acids is 1. The Labute approximate surface area is 95.7 Å². The maximum atomic E-state index is 10.8. The van der Waals surface area contributed by atoms with Crippen LogP contribution in [0.4, 0.5) is 5.69 Å². The second kappa shape index (κ2) is 4.16. The molecule has 0 fully saturated rings. The predicted molar refractivity (Wildman–Crippen MR) is 64.1 cm³/mol. The highest BCUT2D eigenvalue weighted by molar-refractivity contribution is 5.69. The highest BCUT2D eigenvalue weighted by atomic mass is 16.4. The lowest BCUT2D eigenvalue weighted by molar-refractivity contribution is -0.137. The molecule has 1 aromatic rings. The van der Waals surface area contributed by atoms with Crippen molar-refractivity contribution in [1.29, 1.82) is 0 Å². The third kappa shape index (κ3) is 2.03. The molecule has 0 heterocycles. The molecular formula is C13H17NO2. The Morgan fingerprint density at radius 3 is 2.88 bits per heavy atom. The number of aryl methyl sites for hydroxylation is 1. The fraction of sp³-hybridized carbons (Fsp3) is 0.462. The Balaban J connectivity index is 2.29. The standard InChI is InChI=1S/C13H17NO2/c1-14(2)11-6-5-9-3-4-10(7-13(15)16)12(9)8-11/h5-6,8,10H,3-4,7H2,1-2H3,(H,15,16). The molecule has 0 amide bonds. The largest absolute Gasteiger partial charge is 0.481 e. The van der Waals surface area contributed by atoms with Gasteiger partial charge in [0.15, 0.2) is 0 Å². The third-order valence-electron chi connectivity index (χ3n) is 3.27.